The van der Waals surface area contributed by atoms with E-state index in [1.807, 2.05) is 0 Å². The van der Waals surface area contributed by atoms with Crippen LogP contribution in [0.4, 0.5) is 0 Å². The third-order valence-electron chi connectivity index (χ3n) is 3.18. The molecule has 4 heteroatoms. The van der Waals surface area contributed by atoms with Gasteiger partial charge in [0.25, 0.3) is 0 Å². The Bertz CT molecular complexity index is 282. The maximum absolute atomic E-state index is 11.2. The summed E-state index contributed by atoms with van der Waals surface area (Å²) in [6.07, 6.45) is 4.43. The molecule has 1 heterocycles. The smallest absolute Gasteiger partial charge is 0.150 e. The molecule has 2 aliphatic rings. The molecule has 0 amide bonds. The van der Waals surface area contributed by atoms with Gasteiger partial charge in [0.2, 0.25) is 0 Å². The fraction of sp³-hybridized carbons (Fsp3) is 1.00. The summed E-state index contributed by atoms with van der Waals surface area (Å²) in [7, 11) is -2.74. The molecule has 13 heavy (non-hydrogen) atoms. The highest BCUT2D eigenvalue weighted by atomic mass is 32.2. The van der Waals surface area contributed by atoms with E-state index in [9.17, 15) is 8.42 Å². The molecule has 2 N–H and O–H groups in total. The van der Waals surface area contributed by atoms with Crippen LogP contribution in [0.3, 0.4) is 0 Å². The maximum atomic E-state index is 11.2. The Morgan fingerprint density at radius 2 is 2.00 bits per heavy atom. The SMILES string of the molecule is NC(CC1CC1)C1CCS(=O)(=O)C1. The van der Waals surface area contributed by atoms with E-state index in [4.69, 9.17) is 5.73 Å². The average Bonchev–Trinajstić information content (AvgIpc) is 2.75. The molecule has 1 aliphatic carbocycles. The van der Waals surface area contributed by atoms with Gasteiger partial charge < -0.3 is 5.73 Å². The van der Waals surface area contributed by atoms with E-state index in [0.29, 0.717) is 11.5 Å². The van der Waals surface area contributed by atoms with Crippen molar-refractivity contribution in [1.82, 2.24) is 0 Å². The lowest BCUT2D eigenvalue weighted by Gasteiger charge is -2.16. The molecule has 2 atom stereocenters. The van der Waals surface area contributed by atoms with Crippen LogP contribution in [0.25, 0.3) is 0 Å². The Balaban J connectivity index is 1.87. The van der Waals surface area contributed by atoms with Gasteiger partial charge in [-0.3, -0.25) is 0 Å². The van der Waals surface area contributed by atoms with Gasteiger partial charge in [-0.25, -0.2) is 8.42 Å². The van der Waals surface area contributed by atoms with Crippen LogP contribution in [-0.2, 0) is 9.84 Å². The second-order valence-electron chi connectivity index (χ2n) is 4.51. The summed E-state index contributed by atoms with van der Waals surface area (Å²) in [5, 5.41) is 0. The molecule has 1 saturated carbocycles. The van der Waals surface area contributed by atoms with Crippen LogP contribution in [0.1, 0.15) is 25.7 Å². The van der Waals surface area contributed by atoms with E-state index in [1.165, 1.54) is 12.8 Å². The minimum atomic E-state index is -2.74. The number of nitrogens with two attached hydrogens (primary N) is 1. The minimum absolute atomic E-state index is 0.129. The van der Waals surface area contributed by atoms with Crippen LogP contribution < -0.4 is 5.73 Å². The van der Waals surface area contributed by atoms with Crippen molar-refractivity contribution in [3.8, 4) is 0 Å². The third-order valence-corrected chi connectivity index (χ3v) is 4.97. The second kappa shape index (κ2) is 3.24. The van der Waals surface area contributed by atoms with Crippen molar-refractivity contribution in [3.63, 3.8) is 0 Å². The third kappa shape index (κ3) is 2.44. The van der Waals surface area contributed by atoms with Crippen molar-refractivity contribution in [2.24, 2.45) is 17.6 Å². The van der Waals surface area contributed by atoms with Gasteiger partial charge in [0, 0.05) is 6.04 Å². The molecule has 3 nitrogen and oxygen atoms in total. The second-order valence-corrected chi connectivity index (χ2v) is 6.73. The van der Waals surface area contributed by atoms with Crippen molar-refractivity contribution in [2.45, 2.75) is 31.7 Å². The Labute approximate surface area is 79.6 Å². The lowest BCUT2D eigenvalue weighted by molar-refractivity contribution is 0.420. The Hall–Kier alpha value is -0.0900. The first-order valence-corrected chi connectivity index (χ1v) is 6.85. The van der Waals surface area contributed by atoms with E-state index in [-0.39, 0.29) is 12.0 Å². The van der Waals surface area contributed by atoms with E-state index < -0.39 is 9.84 Å². The first kappa shape index (κ1) is 9.46. The quantitative estimate of drug-likeness (QED) is 0.728. The largest absolute Gasteiger partial charge is 0.327 e. The topological polar surface area (TPSA) is 60.2 Å². The summed E-state index contributed by atoms with van der Waals surface area (Å²) in [5.74, 6) is 1.74. The molecule has 0 spiro atoms. The lowest BCUT2D eigenvalue weighted by Crippen LogP contribution is -2.31. The van der Waals surface area contributed by atoms with Gasteiger partial charge in [-0.2, -0.15) is 0 Å². The van der Waals surface area contributed by atoms with Gasteiger partial charge in [0.15, 0.2) is 9.84 Å². The zero-order valence-electron chi connectivity index (χ0n) is 7.78. The number of hydrogen-bond donors (Lipinski definition) is 1. The summed E-state index contributed by atoms with van der Waals surface area (Å²) < 4.78 is 22.4. The molecule has 76 valence electrons. The standard InChI is InChI=1S/C9H17NO2S/c10-9(5-7-1-2-7)8-3-4-13(11,12)6-8/h7-9H,1-6,10H2. The van der Waals surface area contributed by atoms with Gasteiger partial charge in [-0.1, -0.05) is 12.8 Å². The minimum Gasteiger partial charge on any atom is -0.327 e. The maximum Gasteiger partial charge on any atom is 0.150 e. The first-order valence-electron chi connectivity index (χ1n) is 5.03. The molecule has 0 aromatic heterocycles. The van der Waals surface area contributed by atoms with Crippen LogP contribution >= 0.6 is 0 Å². The molecule has 0 aromatic carbocycles. The van der Waals surface area contributed by atoms with Gasteiger partial charge in [-0.15, -0.1) is 0 Å². The Kier molecular flexibility index (Phi) is 2.36. The van der Waals surface area contributed by atoms with Crippen molar-refractivity contribution in [2.75, 3.05) is 11.5 Å². The molecule has 2 unspecified atom stereocenters. The van der Waals surface area contributed by atoms with Gasteiger partial charge >= 0.3 is 0 Å². The van der Waals surface area contributed by atoms with Crippen LogP contribution in [0, 0.1) is 11.8 Å². The van der Waals surface area contributed by atoms with Gasteiger partial charge in [-0.05, 0) is 24.7 Å². The summed E-state index contributed by atoms with van der Waals surface area (Å²) in [6, 6.07) is 0.129. The highest BCUT2D eigenvalue weighted by molar-refractivity contribution is 7.91. The molecule has 1 saturated heterocycles. The van der Waals surface area contributed by atoms with Gasteiger partial charge in [0.05, 0.1) is 11.5 Å². The predicted octanol–water partition coefficient (Wildman–Crippen LogP) is 0.548. The van der Waals surface area contributed by atoms with Crippen molar-refractivity contribution in [3.05, 3.63) is 0 Å². The zero-order valence-corrected chi connectivity index (χ0v) is 8.59. The highest BCUT2D eigenvalue weighted by Gasteiger charge is 2.34. The van der Waals surface area contributed by atoms with Crippen molar-refractivity contribution >= 4 is 9.84 Å². The summed E-state index contributed by atoms with van der Waals surface area (Å²) in [5.41, 5.74) is 5.98. The fourth-order valence-corrected chi connectivity index (χ4v) is 3.99. The van der Waals surface area contributed by atoms with Crippen molar-refractivity contribution in [1.29, 1.82) is 0 Å². The number of rotatable bonds is 3. The van der Waals surface area contributed by atoms with E-state index in [2.05, 4.69) is 0 Å². The van der Waals surface area contributed by atoms with E-state index in [0.717, 1.165) is 18.8 Å². The Morgan fingerprint density at radius 1 is 1.31 bits per heavy atom. The summed E-state index contributed by atoms with van der Waals surface area (Å²) in [6.45, 7) is 0. The van der Waals surface area contributed by atoms with E-state index in [1.54, 1.807) is 0 Å². The molecular weight excluding hydrogens is 186 g/mol. The molecule has 2 rings (SSSR count). The van der Waals surface area contributed by atoms with Crippen LogP contribution in [-0.4, -0.2) is 26.0 Å². The molecule has 0 aromatic rings. The Morgan fingerprint density at radius 3 is 2.46 bits per heavy atom. The monoisotopic (exact) mass is 203 g/mol. The molecule has 1 aliphatic heterocycles. The molecule has 2 fully saturated rings. The fourth-order valence-electron chi connectivity index (χ4n) is 2.09. The molecule has 0 radical (unpaired) electrons. The molecular formula is C9H17NO2S. The molecule has 0 bridgehead atoms. The predicted molar refractivity (Wildman–Crippen MR) is 52.1 cm³/mol. The van der Waals surface area contributed by atoms with E-state index >= 15 is 0 Å². The van der Waals surface area contributed by atoms with Gasteiger partial charge in [0.1, 0.15) is 0 Å². The normalized spacial score (nSPS) is 34.7. The first-order chi connectivity index (χ1) is 6.07. The number of hydrogen-bond acceptors (Lipinski definition) is 3. The van der Waals surface area contributed by atoms with Crippen LogP contribution in [0.5, 0.6) is 0 Å². The number of sulfone groups is 1. The summed E-state index contributed by atoms with van der Waals surface area (Å²) >= 11 is 0. The van der Waals surface area contributed by atoms with Crippen molar-refractivity contribution < 1.29 is 8.42 Å². The lowest BCUT2D eigenvalue weighted by atomic mass is 9.95. The van der Waals surface area contributed by atoms with Crippen LogP contribution in [0.2, 0.25) is 0 Å². The highest BCUT2D eigenvalue weighted by Crippen LogP contribution is 2.35. The average molecular weight is 203 g/mol. The summed E-state index contributed by atoms with van der Waals surface area (Å²) in [4.78, 5) is 0. The van der Waals surface area contributed by atoms with Crippen LogP contribution in [0.15, 0.2) is 0 Å². The zero-order chi connectivity index (χ0) is 9.47.